The maximum absolute atomic E-state index is 5.44. The van der Waals surface area contributed by atoms with Crippen LogP contribution in [0, 0.1) is 0 Å². The average molecular weight is 244 g/mol. The van der Waals surface area contributed by atoms with Gasteiger partial charge in [-0.15, -0.1) is 0 Å². The second-order valence-corrected chi connectivity index (χ2v) is 3.81. The third-order valence-electron chi connectivity index (χ3n) is 1.84. The largest absolute Gasteiger partial charge is 0.497 e. The molecular weight excluding hydrogens is 230 g/mol. The second-order valence-electron chi connectivity index (χ2n) is 2.89. The number of methoxy groups -OCH3 is 1. The van der Waals surface area contributed by atoms with Crippen molar-refractivity contribution in [3.05, 3.63) is 28.2 Å². The molecule has 13 heavy (non-hydrogen) atoms. The van der Waals surface area contributed by atoms with Crippen molar-refractivity contribution in [2.45, 2.75) is 12.8 Å². The number of halogens is 1. The van der Waals surface area contributed by atoms with Gasteiger partial charge in [0.1, 0.15) is 5.75 Å². The lowest BCUT2D eigenvalue weighted by atomic mass is 10.1. The van der Waals surface area contributed by atoms with Gasteiger partial charge in [-0.05, 0) is 43.1 Å². The fraction of sp³-hybridized carbons (Fsp3) is 0.400. The summed E-state index contributed by atoms with van der Waals surface area (Å²) in [5.74, 6) is 0.890. The fourth-order valence-corrected chi connectivity index (χ4v) is 1.71. The van der Waals surface area contributed by atoms with E-state index in [0.29, 0.717) is 0 Å². The number of rotatable bonds is 4. The van der Waals surface area contributed by atoms with Crippen molar-refractivity contribution >= 4 is 15.9 Å². The summed E-state index contributed by atoms with van der Waals surface area (Å²) in [7, 11) is 1.68. The summed E-state index contributed by atoms with van der Waals surface area (Å²) >= 11 is 3.43. The van der Waals surface area contributed by atoms with Gasteiger partial charge in [-0.25, -0.2) is 0 Å². The Balaban J connectivity index is 2.76. The van der Waals surface area contributed by atoms with Gasteiger partial charge in [0.05, 0.1) is 7.11 Å². The van der Waals surface area contributed by atoms with Crippen molar-refractivity contribution in [2.75, 3.05) is 13.7 Å². The van der Waals surface area contributed by atoms with Crippen LogP contribution in [0.25, 0.3) is 0 Å². The molecular formula is C10H14BrNO. The molecule has 2 N–H and O–H groups in total. The summed E-state index contributed by atoms with van der Waals surface area (Å²) in [6.07, 6.45) is 2.02. The molecule has 2 nitrogen and oxygen atoms in total. The monoisotopic (exact) mass is 243 g/mol. The summed E-state index contributed by atoms with van der Waals surface area (Å²) in [6, 6.07) is 6.09. The normalized spacial score (nSPS) is 10.1. The van der Waals surface area contributed by atoms with Gasteiger partial charge >= 0.3 is 0 Å². The van der Waals surface area contributed by atoms with Crippen molar-refractivity contribution < 1.29 is 4.74 Å². The Bertz CT molecular complexity index is 276. The van der Waals surface area contributed by atoms with Crippen LogP contribution < -0.4 is 10.5 Å². The minimum atomic E-state index is 0.731. The molecule has 3 heteroatoms. The number of hydrogen-bond donors (Lipinski definition) is 1. The van der Waals surface area contributed by atoms with Crippen LogP contribution in [0.3, 0.4) is 0 Å². The first kappa shape index (κ1) is 10.5. The van der Waals surface area contributed by atoms with Gasteiger partial charge in [-0.1, -0.05) is 15.9 Å². The lowest BCUT2D eigenvalue weighted by Crippen LogP contribution is -2.00. The highest BCUT2D eigenvalue weighted by molar-refractivity contribution is 9.10. The molecule has 0 aromatic heterocycles. The third-order valence-corrected chi connectivity index (χ3v) is 2.29. The van der Waals surface area contributed by atoms with Crippen LogP contribution in [-0.4, -0.2) is 13.7 Å². The summed E-state index contributed by atoms with van der Waals surface area (Å²) in [6.45, 7) is 0.731. The maximum Gasteiger partial charge on any atom is 0.120 e. The maximum atomic E-state index is 5.44. The highest BCUT2D eigenvalue weighted by Crippen LogP contribution is 2.21. The standard InChI is InChI=1S/C10H14BrNO/c1-13-10-6-8(3-2-4-12)5-9(11)7-10/h5-7H,2-4,12H2,1H3. The van der Waals surface area contributed by atoms with Gasteiger partial charge in [0.25, 0.3) is 0 Å². The van der Waals surface area contributed by atoms with Crippen LogP contribution in [0.1, 0.15) is 12.0 Å². The van der Waals surface area contributed by atoms with Gasteiger partial charge in [-0.3, -0.25) is 0 Å². The van der Waals surface area contributed by atoms with Gasteiger partial charge in [0.15, 0.2) is 0 Å². The van der Waals surface area contributed by atoms with Gasteiger partial charge in [0, 0.05) is 4.47 Å². The van der Waals surface area contributed by atoms with E-state index in [4.69, 9.17) is 10.5 Å². The highest BCUT2D eigenvalue weighted by Gasteiger charge is 1.98. The predicted molar refractivity (Wildman–Crippen MR) is 58.1 cm³/mol. The van der Waals surface area contributed by atoms with Crippen LogP contribution >= 0.6 is 15.9 Å². The van der Waals surface area contributed by atoms with E-state index in [0.717, 1.165) is 29.6 Å². The molecule has 0 aliphatic carbocycles. The molecule has 0 aliphatic heterocycles. The molecule has 0 saturated heterocycles. The zero-order valence-electron chi connectivity index (χ0n) is 7.72. The van der Waals surface area contributed by atoms with Crippen LogP contribution in [0.15, 0.2) is 22.7 Å². The molecule has 0 unspecified atom stereocenters. The SMILES string of the molecule is COc1cc(Br)cc(CCCN)c1. The zero-order chi connectivity index (χ0) is 9.68. The van der Waals surface area contributed by atoms with Crippen LogP contribution in [0.2, 0.25) is 0 Å². The number of aryl methyl sites for hydroxylation is 1. The first-order valence-corrected chi connectivity index (χ1v) is 5.09. The van der Waals surface area contributed by atoms with Crippen molar-refractivity contribution in [3.8, 4) is 5.75 Å². The van der Waals surface area contributed by atoms with Gasteiger partial charge < -0.3 is 10.5 Å². The van der Waals surface area contributed by atoms with Gasteiger partial charge in [0.2, 0.25) is 0 Å². The van der Waals surface area contributed by atoms with Crippen molar-refractivity contribution in [1.82, 2.24) is 0 Å². The Kier molecular flexibility index (Phi) is 4.25. The topological polar surface area (TPSA) is 35.2 Å². The predicted octanol–water partition coefficient (Wildman–Crippen LogP) is 2.35. The third kappa shape index (κ3) is 3.36. The minimum absolute atomic E-state index is 0.731. The smallest absolute Gasteiger partial charge is 0.120 e. The van der Waals surface area contributed by atoms with E-state index in [2.05, 4.69) is 22.0 Å². The number of nitrogens with two attached hydrogens (primary N) is 1. The van der Waals surface area contributed by atoms with E-state index >= 15 is 0 Å². The Morgan fingerprint density at radius 1 is 1.38 bits per heavy atom. The molecule has 0 aliphatic rings. The fourth-order valence-electron chi connectivity index (χ4n) is 1.19. The number of hydrogen-bond acceptors (Lipinski definition) is 2. The second kappa shape index (κ2) is 5.25. The molecule has 0 bridgehead atoms. The lowest BCUT2D eigenvalue weighted by Gasteiger charge is -2.05. The Morgan fingerprint density at radius 2 is 2.15 bits per heavy atom. The molecule has 1 rings (SSSR count). The first-order chi connectivity index (χ1) is 6.26. The molecule has 0 atom stereocenters. The van der Waals surface area contributed by atoms with E-state index in [1.165, 1.54) is 5.56 Å². The molecule has 1 aromatic carbocycles. The summed E-state index contributed by atoms with van der Waals surface area (Å²) in [4.78, 5) is 0. The Labute approximate surface area is 87.2 Å². The van der Waals surface area contributed by atoms with E-state index in [1.807, 2.05) is 12.1 Å². The van der Waals surface area contributed by atoms with Gasteiger partial charge in [-0.2, -0.15) is 0 Å². The molecule has 0 spiro atoms. The van der Waals surface area contributed by atoms with Crippen LogP contribution in [0.5, 0.6) is 5.75 Å². The average Bonchev–Trinajstić information content (AvgIpc) is 2.14. The zero-order valence-corrected chi connectivity index (χ0v) is 9.30. The summed E-state index contributed by atoms with van der Waals surface area (Å²) < 4.78 is 6.21. The van der Waals surface area contributed by atoms with Crippen molar-refractivity contribution in [1.29, 1.82) is 0 Å². The van der Waals surface area contributed by atoms with Crippen LogP contribution in [-0.2, 0) is 6.42 Å². The van der Waals surface area contributed by atoms with E-state index in [-0.39, 0.29) is 0 Å². The Hall–Kier alpha value is -0.540. The summed E-state index contributed by atoms with van der Waals surface area (Å²) in [5, 5.41) is 0. The molecule has 1 aromatic rings. The van der Waals surface area contributed by atoms with E-state index in [1.54, 1.807) is 7.11 Å². The van der Waals surface area contributed by atoms with Crippen molar-refractivity contribution in [2.24, 2.45) is 5.73 Å². The van der Waals surface area contributed by atoms with Crippen LogP contribution in [0.4, 0.5) is 0 Å². The first-order valence-electron chi connectivity index (χ1n) is 4.30. The molecule has 0 amide bonds. The molecule has 0 heterocycles. The van der Waals surface area contributed by atoms with Crippen molar-refractivity contribution in [3.63, 3.8) is 0 Å². The molecule has 0 radical (unpaired) electrons. The number of benzene rings is 1. The number of ether oxygens (including phenoxy) is 1. The molecule has 72 valence electrons. The summed E-state index contributed by atoms with van der Waals surface area (Å²) in [5.41, 5.74) is 6.70. The molecule has 0 fully saturated rings. The minimum Gasteiger partial charge on any atom is -0.497 e. The lowest BCUT2D eigenvalue weighted by molar-refractivity contribution is 0.414. The van der Waals surface area contributed by atoms with E-state index in [9.17, 15) is 0 Å². The highest BCUT2D eigenvalue weighted by atomic mass is 79.9. The Morgan fingerprint density at radius 3 is 2.77 bits per heavy atom. The molecule has 0 saturated carbocycles. The quantitative estimate of drug-likeness (QED) is 0.882. The van der Waals surface area contributed by atoms with E-state index < -0.39 is 0 Å².